The fourth-order valence-corrected chi connectivity index (χ4v) is 4.30. The zero-order valence-corrected chi connectivity index (χ0v) is 16.2. The number of nitrogens with zero attached hydrogens (tertiary/aromatic N) is 3. The van der Waals surface area contributed by atoms with Gasteiger partial charge in [0.2, 0.25) is 5.91 Å². The quantitative estimate of drug-likeness (QED) is 0.747. The lowest BCUT2D eigenvalue weighted by atomic mass is 9.99. The molecule has 4 nitrogen and oxygen atoms in total. The van der Waals surface area contributed by atoms with Crippen molar-refractivity contribution in [2.24, 2.45) is 0 Å². The molecule has 1 fully saturated rings. The highest BCUT2D eigenvalue weighted by Gasteiger charge is 2.32. The number of anilines is 3. The predicted molar refractivity (Wildman–Crippen MR) is 107 cm³/mol. The Kier molecular flexibility index (Phi) is 5.15. The maximum absolute atomic E-state index is 12.8. The Morgan fingerprint density at radius 1 is 1.00 bits per heavy atom. The molecule has 0 saturated carbocycles. The molecule has 4 rings (SSSR count). The minimum absolute atomic E-state index is 0.0461. The first-order valence-electron chi connectivity index (χ1n) is 9.82. The highest BCUT2D eigenvalue weighted by molar-refractivity contribution is 5.96. The molecule has 2 aromatic rings. The molecule has 7 heteroatoms. The molecule has 0 atom stereocenters. The van der Waals surface area contributed by atoms with Crippen molar-refractivity contribution in [2.75, 3.05) is 40.9 Å². The molecular formula is C22H23F3N3O. The Balaban J connectivity index is 1.45. The second kappa shape index (κ2) is 7.61. The molecule has 153 valence electrons. The van der Waals surface area contributed by atoms with Crippen molar-refractivity contribution < 1.29 is 18.0 Å². The standard InChI is InChI=1S/C22H23F3N3O/c1-16(29)27-14-15-28(21-5-3-2-4-20(21)27)19-10-12-26(13-11-19)18-8-6-17(7-9-18)22(23,24)25/h2-8,19H,10-15H2,1H3. The van der Waals surface area contributed by atoms with Crippen molar-refractivity contribution in [2.45, 2.75) is 32.0 Å². The Morgan fingerprint density at radius 2 is 1.69 bits per heavy atom. The second-order valence-corrected chi connectivity index (χ2v) is 7.53. The Bertz CT molecular complexity index is 874. The number of rotatable bonds is 2. The van der Waals surface area contributed by atoms with Crippen LogP contribution in [0.5, 0.6) is 0 Å². The normalized spacial score (nSPS) is 18.0. The summed E-state index contributed by atoms with van der Waals surface area (Å²) in [6.07, 6.45) is -2.52. The number of carbonyl (C=O) groups excluding carboxylic acids is 1. The van der Waals surface area contributed by atoms with Crippen molar-refractivity contribution in [1.82, 2.24) is 0 Å². The average molecular weight is 402 g/mol. The first kappa shape index (κ1) is 19.6. The third-order valence-electron chi connectivity index (χ3n) is 5.80. The van der Waals surface area contributed by atoms with Crippen molar-refractivity contribution in [1.29, 1.82) is 0 Å². The molecule has 0 spiro atoms. The maximum Gasteiger partial charge on any atom is 0.416 e. The summed E-state index contributed by atoms with van der Waals surface area (Å²) >= 11 is 0. The summed E-state index contributed by atoms with van der Waals surface area (Å²) in [7, 11) is 0. The van der Waals surface area contributed by atoms with E-state index in [2.05, 4.69) is 21.9 Å². The highest BCUT2D eigenvalue weighted by atomic mass is 19.4. The minimum atomic E-state index is -4.34. The van der Waals surface area contributed by atoms with Gasteiger partial charge in [-0.1, -0.05) is 12.1 Å². The van der Waals surface area contributed by atoms with Crippen molar-refractivity contribution in [3.63, 3.8) is 0 Å². The first-order valence-corrected chi connectivity index (χ1v) is 9.82. The van der Waals surface area contributed by atoms with E-state index in [0.29, 0.717) is 18.3 Å². The van der Waals surface area contributed by atoms with E-state index >= 15 is 0 Å². The summed E-state index contributed by atoms with van der Waals surface area (Å²) in [5.74, 6) is 0.0461. The highest BCUT2D eigenvalue weighted by Crippen LogP contribution is 2.37. The molecule has 29 heavy (non-hydrogen) atoms. The van der Waals surface area contributed by atoms with Crippen molar-refractivity contribution in [3.8, 4) is 0 Å². The van der Waals surface area contributed by atoms with Crippen LogP contribution in [0.3, 0.4) is 0 Å². The van der Waals surface area contributed by atoms with Gasteiger partial charge < -0.3 is 14.7 Å². The number of halogens is 3. The molecule has 0 aromatic heterocycles. The van der Waals surface area contributed by atoms with E-state index in [1.165, 1.54) is 6.07 Å². The van der Waals surface area contributed by atoms with Gasteiger partial charge in [0.1, 0.15) is 0 Å². The molecular weight excluding hydrogens is 379 g/mol. The summed E-state index contributed by atoms with van der Waals surface area (Å²) in [6, 6.07) is 14.8. The number of para-hydroxylation sites is 2. The van der Waals surface area contributed by atoms with Gasteiger partial charge in [0.05, 0.1) is 16.9 Å². The van der Waals surface area contributed by atoms with Crippen LogP contribution in [0.2, 0.25) is 0 Å². The smallest absolute Gasteiger partial charge is 0.371 e. The van der Waals surface area contributed by atoms with Crippen LogP contribution >= 0.6 is 0 Å². The van der Waals surface area contributed by atoms with Gasteiger partial charge >= 0.3 is 6.18 Å². The van der Waals surface area contributed by atoms with Gasteiger partial charge in [0, 0.05) is 50.9 Å². The Labute approximate surface area is 168 Å². The maximum atomic E-state index is 12.8. The molecule has 0 N–H and O–H groups in total. The summed E-state index contributed by atoms with van der Waals surface area (Å²) < 4.78 is 38.3. The van der Waals surface area contributed by atoms with E-state index < -0.39 is 11.7 Å². The van der Waals surface area contributed by atoms with Crippen molar-refractivity contribution >= 4 is 23.0 Å². The second-order valence-electron chi connectivity index (χ2n) is 7.53. The molecule has 0 aliphatic carbocycles. The lowest BCUT2D eigenvalue weighted by Gasteiger charge is -2.45. The van der Waals surface area contributed by atoms with E-state index in [1.807, 2.05) is 23.1 Å². The van der Waals surface area contributed by atoms with Crippen LogP contribution in [0, 0.1) is 6.07 Å². The van der Waals surface area contributed by atoms with E-state index in [-0.39, 0.29) is 5.91 Å². The van der Waals surface area contributed by atoms with Gasteiger partial charge in [-0.05, 0) is 43.2 Å². The zero-order chi connectivity index (χ0) is 20.6. The fraction of sp³-hybridized carbons (Fsp3) is 0.409. The van der Waals surface area contributed by atoms with Crippen LogP contribution in [0.1, 0.15) is 25.3 Å². The monoisotopic (exact) mass is 402 g/mol. The van der Waals surface area contributed by atoms with Gasteiger partial charge in [0.25, 0.3) is 0 Å². The van der Waals surface area contributed by atoms with Crippen LogP contribution in [-0.4, -0.2) is 38.1 Å². The van der Waals surface area contributed by atoms with Crippen LogP contribution in [0.25, 0.3) is 0 Å². The third-order valence-corrected chi connectivity index (χ3v) is 5.80. The zero-order valence-electron chi connectivity index (χ0n) is 16.2. The van der Waals surface area contributed by atoms with E-state index in [4.69, 9.17) is 0 Å². The van der Waals surface area contributed by atoms with Crippen LogP contribution in [-0.2, 0) is 11.0 Å². The fourth-order valence-electron chi connectivity index (χ4n) is 4.30. The SMILES string of the molecule is CC(=O)N1CCN(C2CCN(c3[c]cc(C(F)(F)F)cc3)CC2)c2ccccc21. The number of carbonyl (C=O) groups is 1. The summed E-state index contributed by atoms with van der Waals surface area (Å²) in [4.78, 5) is 18.2. The molecule has 2 aromatic carbocycles. The summed E-state index contributed by atoms with van der Waals surface area (Å²) in [6.45, 7) is 4.57. The molecule has 2 aliphatic heterocycles. The number of fused-ring (bicyclic) bond motifs is 1. The van der Waals surface area contributed by atoms with Gasteiger partial charge in [-0.2, -0.15) is 13.2 Å². The van der Waals surface area contributed by atoms with Gasteiger partial charge in [0.15, 0.2) is 0 Å². The minimum Gasteiger partial charge on any atom is -0.371 e. The molecule has 1 radical (unpaired) electrons. The van der Waals surface area contributed by atoms with E-state index in [9.17, 15) is 18.0 Å². The average Bonchev–Trinajstić information content (AvgIpc) is 2.72. The molecule has 2 heterocycles. The molecule has 1 saturated heterocycles. The molecule has 1 amide bonds. The third kappa shape index (κ3) is 3.91. The topological polar surface area (TPSA) is 26.8 Å². The summed E-state index contributed by atoms with van der Waals surface area (Å²) in [5.41, 5.74) is 2.06. The lowest BCUT2D eigenvalue weighted by Crippen LogP contribution is -2.51. The van der Waals surface area contributed by atoms with E-state index in [1.54, 1.807) is 6.92 Å². The molecule has 0 unspecified atom stereocenters. The predicted octanol–water partition coefficient (Wildman–Crippen LogP) is 4.35. The summed E-state index contributed by atoms with van der Waals surface area (Å²) in [5, 5.41) is 0. The Morgan fingerprint density at radius 3 is 2.28 bits per heavy atom. The lowest BCUT2D eigenvalue weighted by molar-refractivity contribution is -0.137. The van der Waals surface area contributed by atoms with E-state index in [0.717, 1.165) is 56.0 Å². The number of piperidine rings is 1. The molecule has 2 aliphatic rings. The Hall–Kier alpha value is -2.70. The molecule has 0 bridgehead atoms. The number of benzene rings is 2. The number of hydrogen-bond acceptors (Lipinski definition) is 3. The van der Waals surface area contributed by atoms with Gasteiger partial charge in [-0.15, -0.1) is 0 Å². The van der Waals surface area contributed by atoms with Crippen molar-refractivity contribution in [3.05, 3.63) is 54.1 Å². The largest absolute Gasteiger partial charge is 0.416 e. The number of alkyl halides is 3. The number of amides is 1. The van der Waals surface area contributed by atoms with Crippen LogP contribution < -0.4 is 14.7 Å². The first-order chi connectivity index (χ1) is 13.8. The van der Waals surface area contributed by atoms with Crippen LogP contribution in [0.15, 0.2) is 42.5 Å². The number of hydrogen-bond donors (Lipinski definition) is 0. The van der Waals surface area contributed by atoms with Gasteiger partial charge in [-0.3, -0.25) is 4.79 Å². The van der Waals surface area contributed by atoms with Crippen LogP contribution in [0.4, 0.5) is 30.2 Å². The van der Waals surface area contributed by atoms with Gasteiger partial charge in [-0.25, -0.2) is 0 Å².